The number of carboxylic acid groups (broad SMARTS) is 2. The minimum atomic E-state index is -1.28. The minimum absolute atomic E-state index is 0.0821. The summed E-state index contributed by atoms with van der Waals surface area (Å²) in [7, 11) is 0. The van der Waals surface area contributed by atoms with Crippen LogP contribution in [0.4, 0.5) is 4.79 Å². The quantitative estimate of drug-likeness (QED) is 0.400. The van der Waals surface area contributed by atoms with E-state index in [2.05, 4.69) is 0 Å². The van der Waals surface area contributed by atoms with Crippen molar-refractivity contribution in [2.24, 2.45) is 0 Å². The maximum Gasteiger partial charge on any atom is 0.335 e. The smallest absolute Gasteiger partial charge is 0.335 e. The number of carbonyl (C=O) groups is 4. The lowest BCUT2D eigenvalue weighted by Crippen LogP contribution is -2.32. The highest BCUT2D eigenvalue weighted by atomic mass is 32.2. The van der Waals surface area contributed by atoms with Crippen molar-refractivity contribution in [3.8, 4) is 17.1 Å². The number of carbonyl (C=O) groups excluding carboxylic acids is 2. The molecule has 2 N–H and O–H groups in total. The number of ether oxygens (including phenoxy) is 1. The van der Waals surface area contributed by atoms with Gasteiger partial charge < -0.3 is 19.4 Å². The van der Waals surface area contributed by atoms with Gasteiger partial charge in [0, 0.05) is 11.6 Å². The highest BCUT2D eigenvalue weighted by Crippen LogP contribution is 2.33. The molecule has 2 heterocycles. The monoisotopic (exact) mass is 507 g/mol. The van der Waals surface area contributed by atoms with E-state index < -0.39 is 23.1 Å². The Bertz CT molecular complexity index is 1390. The molecule has 2 aromatic carbocycles. The predicted octanol–water partition coefficient (Wildman–Crippen LogP) is 5.08. The maximum absolute atomic E-state index is 12.8. The average Bonchev–Trinajstić information content (AvgIpc) is 3.41. The summed E-state index contributed by atoms with van der Waals surface area (Å²) < 4.78 is 11.5. The Morgan fingerprint density at radius 2 is 1.69 bits per heavy atom. The number of nitrogens with zero attached hydrogens (tertiary/aromatic N) is 1. The van der Waals surface area contributed by atoms with E-state index in [0.29, 0.717) is 5.75 Å². The lowest BCUT2D eigenvalue weighted by Gasteiger charge is -2.14. The summed E-state index contributed by atoms with van der Waals surface area (Å²) in [5, 5.41) is 18.1. The number of aryl methyl sites for hydroxylation is 2. The molecule has 9 nitrogen and oxygen atoms in total. The third-order valence-electron chi connectivity index (χ3n) is 5.40. The van der Waals surface area contributed by atoms with Crippen molar-refractivity contribution >= 4 is 40.9 Å². The molecule has 0 saturated carbocycles. The lowest BCUT2D eigenvalue weighted by molar-refractivity contribution is -0.123. The standard InChI is InChI=1S/C26H21NO8S/c1-14-3-4-15(2)21(9-14)34-8-7-27-23(28)22(36-26(27)33)13-19-5-6-20(35-19)16-10-17(24(29)30)12-18(11-16)25(31)32/h3-6,9-13H,7-8H2,1-2H3,(H,29,30)(H,31,32)/b22-13-. The largest absolute Gasteiger partial charge is 0.491 e. The number of imide groups is 1. The Morgan fingerprint density at radius 3 is 2.36 bits per heavy atom. The van der Waals surface area contributed by atoms with E-state index in [0.717, 1.165) is 33.9 Å². The van der Waals surface area contributed by atoms with Crippen molar-refractivity contribution in [3.05, 3.63) is 81.5 Å². The number of thioether (sulfide) groups is 1. The second kappa shape index (κ2) is 10.1. The number of aromatic carboxylic acids is 2. The Balaban J connectivity index is 1.48. The van der Waals surface area contributed by atoms with Gasteiger partial charge in [-0.25, -0.2) is 9.59 Å². The predicted molar refractivity (Wildman–Crippen MR) is 132 cm³/mol. The lowest BCUT2D eigenvalue weighted by atomic mass is 10.0. The summed E-state index contributed by atoms with van der Waals surface area (Å²) in [5.74, 6) is -1.87. The van der Waals surface area contributed by atoms with E-state index in [4.69, 9.17) is 9.15 Å². The van der Waals surface area contributed by atoms with E-state index in [1.807, 2.05) is 32.0 Å². The highest BCUT2D eigenvalue weighted by molar-refractivity contribution is 8.18. The van der Waals surface area contributed by atoms with Gasteiger partial charge in [-0.15, -0.1) is 0 Å². The minimum Gasteiger partial charge on any atom is -0.491 e. The number of amides is 2. The van der Waals surface area contributed by atoms with Gasteiger partial charge in [0.2, 0.25) is 0 Å². The molecular formula is C26H21NO8S. The Kier molecular flexibility index (Phi) is 6.98. The molecule has 0 radical (unpaired) electrons. The van der Waals surface area contributed by atoms with Crippen LogP contribution >= 0.6 is 11.8 Å². The van der Waals surface area contributed by atoms with Crippen molar-refractivity contribution in [1.29, 1.82) is 0 Å². The molecule has 10 heteroatoms. The summed E-state index contributed by atoms with van der Waals surface area (Å²) in [5.41, 5.74) is 1.84. The first kappa shape index (κ1) is 24.8. The number of hydrogen-bond donors (Lipinski definition) is 2. The van der Waals surface area contributed by atoms with Crippen LogP contribution in [0.5, 0.6) is 5.75 Å². The summed E-state index contributed by atoms with van der Waals surface area (Å²) in [6.07, 6.45) is 1.42. The van der Waals surface area contributed by atoms with Crippen LogP contribution in [0, 0.1) is 13.8 Å². The Morgan fingerprint density at radius 1 is 1.00 bits per heavy atom. The molecule has 0 aliphatic carbocycles. The molecule has 1 fully saturated rings. The second-order valence-electron chi connectivity index (χ2n) is 8.06. The second-order valence-corrected chi connectivity index (χ2v) is 9.06. The van der Waals surface area contributed by atoms with Crippen LogP contribution < -0.4 is 4.74 Å². The van der Waals surface area contributed by atoms with Crippen molar-refractivity contribution in [2.75, 3.05) is 13.2 Å². The molecule has 0 spiro atoms. The van der Waals surface area contributed by atoms with Crippen LogP contribution in [0.15, 0.2) is 57.9 Å². The molecular weight excluding hydrogens is 486 g/mol. The van der Waals surface area contributed by atoms with E-state index in [-0.39, 0.29) is 46.3 Å². The zero-order valence-electron chi connectivity index (χ0n) is 19.3. The van der Waals surface area contributed by atoms with E-state index in [1.165, 1.54) is 24.3 Å². The number of furan rings is 1. The molecule has 0 bridgehead atoms. The number of benzene rings is 2. The first-order chi connectivity index (χ1) is 17.1. The number of hydrogen-bond acceptors (Lipinski definition) is 7. The Labute approximate surface area is 210 Å². The molecule has 1 aromatic heterocycles. The van der Waals surface area contributed by atoms with Crippen LogP contribution in [0.25, 0.3) is 17.4 Å². The highest BCUT2D eigenvalue weighted by Gasteiger charge is 2.35. The zero-order valence-corrected chi connectivity index (χ0v) is 20.1. The van der Waals surface area contributed by atoms with Gasteiger partial charge in [0.15, 0.2) is 0 Å². The number of carboxylic acids is 2. The molecule has 184 valence electrons. The molecule has 3 aromatic rings. The van der Waals surface area contributed by atoms with Crippen LogP contribution in [-0.2, 0) is 4.79 Å². The van der Waals surface area contributed by atoms with E-state index in [1.54, 1.807) is 6.07 Å². The zero-order chi connectivity index (χ0) is 26.0. The van der Waals surface area contributed by atoms with Gasteiger partial charge in [-0.1, -0.05) is 12.1 Å². The molecule has 0 atom stereocenters. The van der Waals surface area contributed by atoms with E-state index >= 15 is 0 Å². The molecule has 1 aliphatic rings. The first-order valence-corrected chi connectivity index (χ1v) is 11.6. The molecule has 4 rings (SSSR count). The normalized spacial score (nSPS) is 14.5. The summed E-state index contributed by atoms with van der Waals surface area (Å²) in [6.45, 7) is 4.09. The Hall–Kier alpha value is -4.31. The van der Waals surface area contributed by atoms with Crippen LogP contribution in [0.1, 0.15) is 37.6 Å². The third-order valence-corrected chi connectivity index (χ3v) is 6.31. The molecule has 36 heavy (non-hydrogen) atoms. The van der Waals surface area contributed by atoms with Gasteiger partial charge in [0.1, 0.15) is 23.9 Å². The topological polar surface area (TPSA) is 134 Å². The van der Waals surface area contributed by atoms with E-state index in [9.17, 15) is 29.4 Å². The average molecular weight is 508 g/mol. The van der Waals surface area contributed by atoms with Crippen molar-refractivity contribution < 1.29 is 38.5 Å². The third kappa shape index (κ3) is 5.33. The summed E-state index contributed by atoms with van der Waals surface area (Å²) >= 11 is 0.774. The van der Waals surface area contributed by atoms with Gasteiger partial charge in [-0.3, -0.25) is 14.5 Å². The van der Waals surface area contributed by atoms with Gasteiger partial charge in [-0.05, 0) is 73.1 Å². The van der Waals surface area contributed by atoms with Crippen LogP contribution in [0.2, 0.25) is 0 Å². The first-order valence-electron chi connectivity index (χ1n) is 10.8. The van der Waals surface area contributed by atoms with Gasteiger partial charge >= 0.3 is 11.9 Å². The van der Waals surface area contributed by atoms with Gasteiger partial charge in [-0.2, -0.15) is 0 Å². The van der Waals surface area contributed by atoms with Crippen LogP contribution in [0.3, 0.4) is 0 Å². The van der Waals surface area contributed by atoms with Crippen LogP contribution in [-0.4, -0.2) is 51.3 Å². The maximum atomic E-state index is 12.8. The molecule has 0 unspecified atom stereocenters. The molecule has 2 amide bonds. The van der Waals surface area contributed by atoms with Crippen molar-refractivity contribution in [1.82, 2.24) is 4.90 Å². The van der Waals surface area contributed by atoms with Crippen molar-refractivity contribution in [3.63, 3.8) is 0 Å². The fraction of sp³-hybridized carbons (Fsp3) is 0.154. The number of rotatable bonds is 8. The fourth-order valence-corrected chi connectivity index (χ4v) is 4.38. The van der Waals surface area contributed by atoms with Gasteiger partial charge in [0.05, 0.1) is 22.6 Å². The fourth-order valence-electron chi connectivity index (χ4n) is 3.53. The summed E-state index contributed by atoms with van der Waals surface area (Å²) in [4.78, 5) is 49.2. The SMILES string of the molecule is Cc1ccc(C)c(OCCN2C(=O)S/C(=C\c3ccc(-c4cc(C(=O)O)cc(C(=O)O)c4)o3)C2=O)c1. The molecule has 1 saturated heterocycles. The van der Waals surface area contributed by atoms with Crippen molar-refractivity contribution in [2.45, 2.75) is 13.8 Å². The molecule has 1 aliphatic heterocycles. The summed E-state index contributed by atoms with van der Waals surface area (Å²) in [6, 6.07) is 12.5. The van der Waals surface area contributed by atoms with Gasteiger partial charge in [0.25, 0.3) is 11.1 Å².